The molecule has 0 aliphatic heterocycles. The number of nitrogens with one attached hydrogen (secondary N) is 1. The first-order chi connectivity index (χ1) is 7.96. The smallest absolute Gasteiger partial charge is 0.221 e. The summed E-state index contributed by atoms with van der Waals surface area (Å²) in [5, 5.41) is 3.05. The van der Waals surface area contributed by atoms with Crippen LogP contribution in [0.4, 0.5) is 0 Å². The molecule has 0 spiro atoms. The molecule has 1 aliphatic rings. The zero-order chi connectivity index (χ0) is 12.9. The minimum atomic E-state index is -0.0586. The van der Waals surface area contributed by atoms with Gasteiger partial charge in [0.25, 0.3) is 0 Å². The average molecular weight is 241 g/mol. The van der Waals surface area contributed by atoms with Gasteiger partial charge < -0.3 is 16.0 Å². The van der Waals surface area contributed by atoms with Crippen molar-refractivity contribution in [1.82, 2.24) is 10.2 Å². The molecule has 0 saturated heterocycles. The van der Waals surface area contributed by atoms with Gasteiger partial charge in [0.05, 0.1) is 0 Å². The van der Waals surface area contributed by atoms with Gasteiger partial charge >= 0.3 is 0 Å². The number of nitrogens with zero attached hydrogens (tertiary/aromatic N) is 1. The maximum atomic E-state index is 11.7. The number of likely N-dealkylation sites (N-methyl/N-ethyl adjacent to an activating group) is 1. The molecule has 100 valence electrons. The van der Waals surface area contributed by atoms with E-state index in [0.29, 0.717) is 6.42 Å². The predicted molar refractivity (Wildman–Crippen MR) is 70.8 cm³/mol. The van der Waals surface area contributed by atoms with E-state index in [1.165, 1.54) is 32.1 Å². The van der Waals surface area contributed by atoms with Crippen LogP contribution in [0.5, 0.6) is 0 Å². The lowest BCUT2D eigenvalue weighted by Crippen LogP contribution is -2.54. The predicted octanol–water partition coefficient (Wildman–Crippen LogP) is 1.10. The molecule has 1 fully saturated rings. The van der Waals surface area contributed by atoms with Crippen molar-refractivity contribution in [2.24, 2.45) is 5.73 Å². The van der Waals surface area contributed by atoms with Gasteiger partial charge in [0.15, 0.2) is 0 Å². The van der Waals surface area contributed by atoms with E-state index in [-0.39, 0.29) is 17.5 Å². The van der Waals surface area contributed by atoms with Gasteiger partial charge in [-0.25, -0.2) is 0 Å². The van der Waals surface area contributed by atoms with E-state index in [9.17, 15) is 4.79 Å². The lowest BCUT2D eigenvalue weighted by Gasteiger charge is -2.43. The summed E-state index contributed by atoms with van der Waals surface area (Å²) >= 11 is 0. The molecule has 17 heavy (non-hydrogen) atoms. The van der Waals surface area contributed by atoms with Crippen LogP contribution in [-0.4, -0.2) is 43.0 Å². The normalized spacial score (nSPS) is 21.2. The van der Waals surface area contributed by atoms with Crippen molar-refractivity contribution in [3.05, 3.63) is 0 Å². The van der Waals surface area contributed by atoms with Crippen molar-refractivity contribution < 1.29 is 4.79 Å². The second-order valence-corrected chi connectivity index (χ2v) is 5.64. The summed E-state index contributed by atoms with van der Waals surface area (Å²) in [4.78, 5) is 13.9. The SMILES string of the molecule is CC(N)CC(=O)NCC1(N(C)C)CCCCC1. The van der Waals surface area contributed by atoms with E-state index in [1.807, 2.05) is 6.92 Å². The largest absolute Gasteiger partial charge is 0.354 e. The molecule has 3 N–H and O–H groups in total. The van der Waals surface area contributed by atoms with E-state index < -0.39 is 0 Å². The molecule has 1 aliphatic carbocycles. The maximum absolute atomic E-state index is 11.7. The fourth-order valence-corrected chi connectivity index (χ4v) is 2.62. The summed E-state index contributed by atoms with van der Waals surface area (Å²) in [5.74, 6) is 0.0757. The van der Waals surface area contributed by atoms with Crippen LogP contribution in [0, 0.1) is 0 Å². The molecule has 1 unspecified atom stereocenters. The lowest BCUT2D eigenvalue weighted by atomic mass is 9.80. The molecule has 1 amide bonds. The van der Waals surface area contributed by atoms with Gasteiger partial charge in [0.1, 0.15) is 0 Å². The zero-order valence-corrected chi connectivity index (χ0v) is 11.5. The summed E-state index contributed by atoms with van der Waals surface area (Å²) < 4.78 is 0. The lowest BCUT2D eigenvalue weighted by molar-refractivity contribution is -0.122. The van der Waals surface area contributed by atoms with Crippen LogP contribution in [0.3, 0.4) is 0 Å². The third kappa shape index (κ3) is 4.28. The average Bonchev–Trinajstić information content (AvgIpc) is 2.26. The molecule has 1 atom stereocenters. The molecule has 1 saturated carbocycles. The van der Waals surface area contributed by atoms with Crippen LogP contribution >= 0.6 is 0 Å². The molecule has 0 aromatic heterocycles. The number of hydrogen-bond donors (Lipinski definition) is 2. The van der Waals surface area contributed by atoms with E-state index in [2.05, 4.69) is 24.3 Å². The van der Waals surface area contributed by atoms with Crippen molar-refractivity contribution in [1.29, 1.82) is 0 Å². The Morgan fingerprint density at radius 3 is 2.41 bits per heavy atom. The second kappa shape index (κ2) is 6.36. The van der Waals surface area contributed by atoms with Crippen LogP contribution in [0.25, 0.3) is 0 Å². The Morgan fingerprint density at radius 2 is 1.94 bits per heavy atom. The van der Waals surface area contributed by atoms with Crippen molar-refractivity contribution in [3.8, 4) is 0 Å². The van der Waals surface area contributed by atoms with E-state index >= 15 is 0 Å². The zero-order valence-electron chi connectivity index (χ0n) is 11.5. The summed E-state index contributed by atoms with van der Waals surface area (Å²) in [7, 11) is 4.23. The minimum Gasteiger partial charge on any atom is -0.354 e. The highest BCUT2D eigenvalue weighted by molar-refractivity contribution is 5.76. The Balaban J connectivity index is 2.47. The first-order valence-electron chi connectivity index (χ1n) is 6.66. The molecule has 4 nitrogen and oxygen atoms in total. The Bertz CT molecular complexity index is 245. The Kier molecular flexibility index (Phi) is 5.40. The summed E-state index contributed by atoms with van der Waals surface area (Å²) in [5.41, 5.74) is 5.78. The minimum absolute atomic E-state index is 0.0586. The second-order valence-electron chi connectivity index (χ2n) is 5.64. The molecule has 0 radical (unpaired) electrons. The number of rotatable bonds is 5. The number of carbonyl (C=O) groups excluding carboxylic acids is 1. The molecule has 4 heteroatoms. The molecular formula is C13H27N3O. The Morgan fingerprint density at radius 1 is 1.35 bits per heavy atom. The topological polar surface area (TPSA) is 58.4 Å². The first kappa shape index (κ1) is 14.5. The first-order valence-corrected chi connectivity index (χ1v) is 6.66. The van der Waals surface area contributed by atoms with E-state index in [1.54, 1.807) is 0 Å². The quantitative estimate of drug-likeness (QED) is 0.758. The maximum Gasteiger partial charge on any atom is 0.221 e. The number of amides is 1. The fourth-order valence-electron chi connectivity index (χ4n) is 2.62. The van der Waals surface area contributed by atoms with Crippen molar-refractivity contribution in [2.45, 2.75) is 57.0 Å². The third-order valence-corrected chi connectivity index (χ3v) is 3.85. The van der Waals surface area contributed by atoms with E-state index in [4.69, 9.17) is 5.73 Å². The molecular weight excluding hydrogens is 214 g/mol. The summed E-state index contributed by atoms with van der Waals surface area (Å²) in [6.45, 7) is 2.62. The highest BCUT2D eigenvalue weighted by Crippen LogP contribution is 2.31. The Hall–Kier alpha value is -0.610. The molecule has 0 bridgehead atoms. The highest BCUT2D eigenvalue weighted by atomic mass is 16.1. The van der Waals surface area contributed by atoms with Crippen LogP contribution in [0.1, 0.15) is 45.4 Å². The van der Waals surface area contributed by atoms with Crippen molar-refractivity contribution in [3.63, 3.8) is 0 Å². The van der Waals surface area contributed by atoms with Crippen LogP contribution in [0.15, 0.2) is 0 Å². The number of nitrogens with two attached hydrogens (primary N) is 1. The summed E-state index contributed by atoms with van der Waals surface area (Å²) in [6, 6.07) is -0.0586. The van der Waals surface area contributed by atoms with Gasteiger partial charge in [-0.1, -0.05) is 19.3 Å². The summed E-state index contributed by atoms with van der Waals surface area (Å²) in [6.07, 6.45) is 6.63. The Labute approximate surface area is 105 Å². The van der Waals surface area contributed by atoms with Gasteiger partial charge in [-0.15, -0.1) is 0 Å². The number of carbonyl (C=O) groups is 1. The standard InChI is InChI=1S/C13H27N3O/c1-11(14)9-12(17)15-10-13(16(2)3)7-5-4-6-8-13/h11H,4-10,14H2,1-3H3,(H,15,17). The van der Waals surface area contributed by atoms with Gasteiger partial charge in [-0.05, 0) is 33.9 Å². The third-order valence-electron chi connectivity index (χ3n) is 3.85. The van der Waals surface area contributed by atoms with Gasteiger partial charge in [-0.3, -0.25) is 4.79 Å². The van der Waals surface area contributed by atoms with Crippen LogP contribution in [0.2, 0.25) is 0 Å². The van der Waals surface area contributed by atoms with Gasteiger partial charge in [-0.2, -0.15) is 0 Å². The monoisotopic (exact) mass is 241 g/mol. The highest BCUT2D eigenvalue weighted by Gasteiger charge is 2.34. The molecule has 1 rings (SSSR count). The van der Waals surface area contributed by atoms with Crippen molar-refractivity contribution in [2.75, 3.05) is 20.6 Å². The van der Waals surface area contributed by atoms with Crippen LogP contribution < -0.4 is 11.1 Å². The molecule has 0 aromatic carbocycles. The fraction of sp³-hybridized carbons (Fsp3) is 0.923. The number of hydrogen-bond acceptors (Lipinski definition) is 3. The van der Waals surface area contributed by atoms with Crippen LogP contribution in [-0.2, 0) is 4.79 Å². The van der Waals surface area contributed by atoms with E-state index in [0.717, 1.165) is 6.54 Å². The van der Waals surface area contributed by atoms with Crippen molar-refractivity contribution >= 4 is 5.91 Å². The van der Waals surface area contributed by atoms with Gasteiger partial charge in [0.2, 0.25) is 5.91 Å². The molecule has 0 aromatic rings. The molecule has 0 heterocycles. The van der Waals surface area contributed by atoms with Gasteiger partial charge in [0, 0.05) is 24.5 Å².